The van der Waals surface area contributed by atoms with E-state index in [-0.39, 0.29) is 6.09 Å². The molecule has 1 aromatic carbocycles. The minimum absolute atomic E-state index is 0.277. The molecule has 1 amide bonds. The first kappa shape index (κ1) is 21.1. The average molecular weight is 373 g/mol. The molecule has 2 N–H and O–H groups in total. The normalized spacial score (nSPS) is 11.5. The van der Waals surface area contributed by atoms with Crippen LogP contribution >= 0.6 is 23.4 Å². The summed E-state index contributed by atoms with van der Waals surface area (Å²) in [5.41, 5.74) is 7.50. The Morgan fingerprint density at radius 3 is 2.58 bits per heavy atom. The highest BCUT2D eigenvalue weighted by molar-refractivity contribution is 7.99. The highest BCUT2D eigenvalue weighted by Crippen LogP contribution is 2.33. The zero-order valence-corrected chi connectivity index (χ0v) is 16.9. The van der Waals surface area contributed by atoms with Gasteiger partial charge in [0.1, 0.15) is 5.60 Å². The number of nitrogens with two attached hydrogens (primary N) is 1. The first-order chi connectivity index (χ1) is 11.2. The molecule has 6 heteroatoms. The van der Waals surface area contributed by atoms with Crippen molar-refractivity contribution in [3.05, 3.63) is 28.3 Å². The van der Waals surface area contributed by atoms with Gasteiger partial charge in [-0.2, -0.15) is 0 Å². The molecule has 0 saturated carbocycles. The van der Waals surface area contributed by atoms with Crippen LogP contribution in [0.25, 0.3) is 0 Å². The van der Waals surface area contributed by atoms with Crippen LogP contribution in [0.3, 0.4) is 0 Å². The number of halogens is 1. The highest BCUT2D eigenvalue weighted by Gasteiger charge is 2.21. The number of likely N-dealkylation sites (N-methyl/N-ethyl adjacent to an activating group) is 1. The van der Waals surface area contributed by atoms with Gasteiger partial charge in [-0.15, -0.1) is 11.8 Å². The monoisotopic (exact) mass is 372 g/mol. The van der Waals surface area contributed by atoms with Crippen LogP contribution < -0.4 is 5.73 Å². The predicted octanol–water partition coefficient (Wildman–Crippen LogP) is 4.50. The predicted molar refractivity (Wildman–Crippen MR) is 103 cm³/mol. The Morgan fingerprint density at radius 1 is 1.38 bits per heavy atom. The molecule has 0 aromatic heterocycles. The summed E-state index contributed by atoms with van der Waals surface area (Å²) in [4.78, 5) is 15.1. The van der Waals surface area contributed by atoms with E-state index in [0.717, 1.165) is 22.1 Å². The van der Waals surface area contributed by atoms with Crippen LogP contribution in [-0.4, -0.2) is 42.0 Å². The van der Waals surface area contributed by atoms with E-state index >= 15 is 0 Å². The van der Waals surface area contributed by atoms with Crippen LogP contribution in [0.15, 0.2) is 17.0 Å². The summed E-state index contributed by atoms with van der Waals surface area (Å²) in [5.74, 6) is 0.819. The summed E-state index contributed by atoms with van der Waals surface area (Å²) < 4.78 is 5.47. The standard InChI is InChI=1S/C18H29ClN2O2S/c1-6-21(17(22)23-18(3,4)5)11-9-14-13(2)7-8-15(19)16(14)24-12-10-20/h7-8H,6,9-12,20H2,1-5H3. The second-order valence-electron chi connectivity index (χ2n) is 6.62. The molecule has 0 atom stereocenters. The minimum Gasteiger partial charge on any atom is -0.444 e. The van der Waals surface area contributed by atoms with Gasteiger partial charge in [-0.05, 0) is 58.2 Å². The molecule has 0 unspecified atom stereocenters. The van der Waals surface area contributed by atoms with Crippen molar-refractivity contribution in [3.63, 3.8) is 0 Å². The number of rotatable bonds is 7. The smallest absolute Gasteiger partial charge is 0.410 e. The number of ether oxygens (including phenoxy) is 1. The number of carbonyl (C=O) groups excluding carboxylic acids is 1. The zero-order chi connectivity index (χ0) is 18.3. The molecule has 0 aliphatic carbocycles. The minimum atomic E-state index is -0.487. The summed E-state index contributed by atoms with van der Waals surface area (Å²) in [6.45, 7) is 11.5. The molecule has 0 radical (unpaired) electrons. The third kappa shape index (κ3) is 6.54. The molecule has 24 heavy (non-hydrogen) atoms. The number of benzene rings is 1. The lowest BCUT2D eigenvalue weighted by atomic mass is 10.1. The van der Waals surface area contributed by atoms with Crippen molar-refractivity contribution < 1.29 is 9.53 Å². The maximum atomic E-state index is 12.3. The Kier molecular flexibility index (Phi) is 8.40. The Morgan fingerprint density at radius 2 is 2.04 bits per heavy atom. The van der Waals surface area contributed by atoms with Gasteiger partial charge in [-0.3, -0.25) is 0 Å². The first-order valence-electron chi connectivity index (χ1n) is 8.28. The van der Waals surface area contributed by atoms with Crippen LogP contribution in [0, 0.1) is 6.92 Å². The van der Waals surface area contributed by atoms with Gasteiger partial charge in [0, 0.05) is 30.3 Å². The third-order valence-electron chi connectivity index (χ3n) is 3.48. The quantitative estimate of drug-likeness (QED) is 0.716. The number of hydrogen-bond acceptors (Lipinski definition) is 4. The van der Waals surface area contributed by atoms with E-state index in [4.69, 9.17) is 22.1 Å². The molecule has 0 aliphatic rings. The fraction of sp³-hybridized carbons (Fsp3) is 0.611. The van der Waals surface area contributed by atoms with E-state index in [1.165, 1.54) is 11.1 Å². The summed E-state index contributed by atoms with van der Waals surface area (Å²) in [7, 11) is 0. The topological polar surface area (TPSA) is 55.6 Å². The lowest BCUT2D eigenvalue weighted by Crippen LogP contribution is -2.38. The number of aryl methyl sites for hydroxylation is 1. The van der Waals surface area contributed by atoms with Crippen molar-refractivity contribution in [1.82, 2.24) is 4.90 Å². The van der Waals surface area contributed by atoms with E-state index < -0.39 is 5.60 Å². The van der Waals surface area contributed by atoms with Gasteiger partial charge in [0.15, 0.2) is 0 Å². The van der Waals surface area contributed by atoms with Crippen molar-refractivity contribution in [2.45, 2.75) is 51.5 Å². The van der Waals surface area contributed by atoms with Crippen molar-refractivity contribution in [2.75, 3.05) is 25.4 Å². The molecule has 0 heterocycles. The molecule has 1 aromatic rings. The summed E-state index contributed by atoms with van der Waals surface area (Å²) >= 11 is 8.04. The van der Waals surface area contributed by atoms with Gasteiger partial charge in [-0.1, -0.05) is 17.7 Å². The molecule has 0 aliphatic heterocycles. The van der Waals surface area contributed by atoms with Crippen molar-refractivity contribution in [1.29, 1.82) is 0 Å². The van der Waals surface area contributed by atoms with E-state index in [1.54, 1.807) is 16.7 Å². The highest BCUT2D eigenvalue weighted by atomic mass is 35.5. The van der Waals surface area contributed by atoms with E-state index in [9.17, 15) is 4.79 Å². The van der Waals surface area contributed by atoms with Gasteiger partial charge in [0.05, 0.1) is 5.02 Å². The molecular formula is C18H29ClN2O2S. The third-order valence-corrected chi connectivity index (χ3v) is 5.10. The Bertz CT molecular complexity index is 559. The van der Waals surface area contributed by atoms with Crippen LogP contribution in [0.1, 0.15) is 38.8 Å². The second kappa shape index (κ2) is 9.54. The molecule has 4 nitrogen and oxygen atoms in total. The lowest BCUT2D eigenvalue weighted by molar-refractivity contribution is 0.0262. The molecule has 0 bridgehead atoms. The maximum absolute atomic E-state index is 12.3. The Labute approximate surface area is 155 Å². The molecular weight excluding hydrogens is 344 g/mol. The number of thioether (sulfide) groups is 1. The number of carbonyl (C=O) groups is 1. The SMILES string of the molecule is CCN(CCc1c(C)ccc(Cl)c1SCCN)C(=O)OC(C)(C)C. The van der Waals surface area contributed by atoms with Gasteiger partial charge >= 0.3 is 6.09 Å². The number of amides is 1. The van der Waals surface area contributed by atoms with Crippen LogP contribution in [0.2, 0.25) is 5.02 Å². The fourth-order valence-corrected chi connectivity index (χ4v) is 3.58. The zero-order valence-electron chi connectivity index (χ0n) is 15.3. The largest absolute Gasteiger partial charge is 0.444 e. The number of nitrogens with zero attached hydrogens (tertiary/aromatic N) is 1. The van der Waals surface area contributed by atoms with Crippen molar-refractivity contribution in [3.8, 4) is 0 Å². The van der Waals surface area contributed by atoms with Crippen LogP contribution in [0.4, 0.5) is 4.79 Å². The first-order valence-corrected chi connectivity index (χ1v) is 9.64. The van der Waals surface area contributed by atoms with E-state index in [0.29, 0.717) is 19.6 Å². The molecule has 136 valence electrons. The molecule has 0 spiro atoms. The maximum Gasteiger partial charge on any atom is 0.410 e. The van der Waals surface area contributed by atoms with Gasteiger partial charge < -0.3 is 15.4 Å². The molecule has 1 rings (SSSR count). The number of hydrogen-bond donors (Lipinski definition) is 1. The van der Waals surface area contributed by atoms with Gasteiger partial charge in [-0.25, -0.2) is 4.79 Å². The van der Waals surface area contributed by atoms with Gasteiger partial charge in [0.2, 0.25) is 0 Å². The Balaban J connectivity index is 2.88. The van der Waals surface area contributed by atoms with Gasteiger partial charge in [0.25, 0.3) is 0 Å². The van der Waals surface area contributed by atoms with Crippen molar-refractivity contribution >= 4 is 29.5 Å². The molecule has 0 fully saturated rings. The lowest BCUT2D eigenvalue weighted by Gasteiger charge is -2.27. The van der Waals surface area contributed by atoms with Crippen LogP contribution in [-0.2, 0) is 11.2 Å². The van der Waals surface area contributed by atoms with E-state index in [1.807, 2.05) is 39.8 Å². The molecule has 0 saturated heterocycles. The van der Waals surface area contributed by atoms with E-state index in [2.05, 4.69) is 6.92 Å². The average Bonchev–Trinajstić information content (AvgIpc) is 2.48. The second-order valence-corrected chi connectivity index (χ2v) is 8.13. The Hall–Kier alpha value is -0.910. The van der Waals surface area contributed by atoms with Crippen LogP contribution in [0.5, 0.6) is 0 Å². The van der Waals surface area contributed by atoms with Crippen molar-refractivity contribution in [2.24, 2.45) is 5.73 Å². The summed E-state index contributed by atoms with van der Waals surface area (Å²) in [6.07, 6.45) is 0.465. The summed E-state index contributed by atoms with van der Waals surface area (Å²) in [6, 6.07) is 3.94. The fourth-order valence-electron chi connectivity index (χ4n) is 2.28. The summed E-state index contributed by atoms with van der Waals surface area (Å²) in [5, 5.41) is 0.745.